The summed E-state index contributed by atoms with van der Waals surface area (Å²) in [5.74, 6) is 0.571. The lowest BCUT2D eigenvalue weighted by atomic mass is 10.0. The molecule has 3 nitrogen and oxygen atoms in total. The first-order chi connectivity index (χ1) is 9.16. The maximum atomic E-state index is 10.3. The van der Waals surface area contributed by atoms with E-state index in [4.69, 9.17) is 9.47 Å². The average molecular weight is 264 g/mol. The van der Waals surface area contributed by atoms with Gasteiger partial charge in [-0.05, 0) is 38.2 Å². The van der Waals surface area contributed by atoms with Crippen LogP contribution in [0.25, 0.3) is 0 Å². The molecule has 106 valence electrons. The number of hydrogen-bond donors (Lipinski definition) is 1. The standard InChI is InChI=1S/C16H24O3/c1-12-3-5-15(6-4-12)16(17)13(2)19-11-14-7-9-18-10-8-14/h3-6,13-14,16-17H,7-11H2,1-2H3. The van der Waals surface area contributed by atoms with Gasteiger partial charge in [0.15, 0.2) is 0 Å². The van der Waals surface area contributed by atoms with Crippen molar-refractivity contribution in [3.05, 3.63) is 35.4 Å². The van der Waals surface area contributed by atoms with Crippen molar-refractivity contribution in [1.82, 2.24) is 0 Å². The lowest BCUT2D eigenvalue weighted by Gasteiger charge is -2.26. The molecule has 0 spiro atoms. The van der Waals surface area contributed by atoms with Crippen molar-refractivity contribution >= 4 is 0 Å². The Hall–Kier alpha value is -0.900. The highest BCUT2D eigenvalue weighted by Crippen LogP contribution is 2.22. The number of ether oxygens (including phenoxy) is 2. The Balaban J connectivity index is 1.81. The summed E-state index contributed by atoms with van der Waals surface area (Å²) in [6, 6.07) is 7.97. The van der Waals surface area contributed by atoms with Gasteiger partial charge in [0.25, 0.3) is 0 Å². The van der Waals surface area contributed by atoms with Crippen molar-refractivity contribution in [3.8, 4) is 0 Å². The number of benzene rings is 1. The highest BCUT2D eigenvalue weighted by atomic mass is 16.5. The van der Waals surface area contributed by atoms with Gasteiger partial charge in [0.1, 0.15) is 6.10 Å². The molecule has 0 aromatic heterocycles. The number of aliphatic hydroxyl groups is 1. The molecule has 3 heteroatoms. The minimum absolute atomic E-state index is 0.175. The van der Waals surface area contributed by atoms with Gasteiger partial charge in [-0.15, -0.1) is 0 Å². The van der Waals surface area contributed by atoms with Gasteiger partial charge in [-0.1, -0.05) is 29.8 Å². The highest BCUT2D eigenvalue weighted by Gasteiger charge is 2.20. The molecule has 0 amide bonds. The van der Waals surface area contributed by atoms with Crippen LogP contribution in [0, 0.1) is 12.8 Å². The topological polar surface area (TPSA) is 38.7 Å². The molecule has 1 aromatic carbocycles. The summed E-state index contributed by atoms with van der Waals surface area (Å²) >= 11 is 0. The molecule has 2 atom stereocenters. The van der Waals surface area contributed by atoms with E-state index in [-0.39, 0.29) is 6.10 Å². The Bertz CT molecular complexity index is 368. The second-order valence-corrected chi connectivity index (χ2v) is 5.45. The number of rotatable bonds is 5. The average Bonchev–Trinajstić information content (AvgIpc) is 2.46. The highest BCUT2D eigenvalue weighted by molar-refractivity contribution is 5.23. The van der Waals surface area contributed by atoms with Crippen LogP contribution in [0.1, 0.15) is 37.0 Å². The van der Waals surface area contributed by atoms with Crippen molar-refractivity contribution < 1.29 is 14.6 Å². The Morgan fingerprint density at radius 2 is 1.89 bits per heavy atom. The quantitative estimate of drug-likeness (QED) is 0.888. The smallest absolute Gasteiger partial charge is 0.105 e. The van der Waals surface area contributed by atoms with E-state index in [2.05, 4.69) is 0 Å². The lowest BCUT2D eigenvalue weighted by molar-refractivity contribution is -0.0557. The molecule has 19 heavy (non-hydrogen) atoms. The molecule has 1 saturated heterocycles. The summed E-state index contributed by atoms with van der Waals surface area (Å²) < 4.78 is 11.2. The van der Waals surface area contributed by atoms with Crippen LogP contribution in [0.3, 0.4) is 0 Å². The molecule has 0 saturated carbocycles. The Morgan fingerprint density at radius 3 is 2.53 bits per heavy atom. The lowest BCUT2D eigenvalue weighted by Crippen LogP contribution is -2.25. The largest absolute Gasteiger partial charge is 0.386 e. The zero-order valence-corrected chi connectivity index (χ0v) is 11.8. The third-order valence-electron chi connectivity index (χ3n) is 3.80. The van der Waals surface area contributed by atoms with E-state index in [1.165, 1.54) is 5.56 Å². The van der Waals surface area contributed by atoms with Crippen LogP contribution in [-0.4, -0.2) is 31.0 Å². The third-order valence-corrected chi connectivity index (χ3v) is 3.80. The summed E-state index contributed by atoms with van der Waals surface area (Å²) in [6.07, 6.45) is 1.40. The van der Waals surface area contributed by atoms with Crippen molar-refractivity contribution in [1.29, 1.82) is 0 Å². The summed E-state index contributed by atoms with van der Waals surface area (Å²) in [4.78, 5) is 0. The molecule has 2 unspecified atom stereocenters. The molecule has 0 radical (unpaired) electrons. The van der Waals surface area contributed by atoms with Crippen molar-refractivity contribution in [2.45, 2.75) is 38.9 Å². The summed E-state index contributed by atoms with van der Waals surface area (Å²) in [6.45, 7) is 6.37. The van der Waals surface area contributed by atoms with Crippen molar-refractivity contribution in [2.75, 3.05) is 19.8 Å². The molecule has 1 aliphatic heterocycles. The van der Waals surface area contributed by atoms with Crippen LogP contribution in [0.5, 0.6) is 0 Å². The fourth-order valence-corrected chi connectivity index (χ4v) is 2.33. The Labute approximate surface area is 115 Å². The first-order valence-corrected chi connectivity index (χ1v) is 7.11. The van der Waals surface area contributed by atoms with Crippen LogP contribution >= 0.6 is 0 Å². The second kappa shape index (κ2) is 7.04. The SMILES string of the molecule is Cc1ccc(C(O)C(C)OCC2CCOCC2)cc1. The first-order valence-electron chi connectivity index (χ1n) is 7.11. The summed E-state index contributed by atoms with van der Waals surface area (Å²) in [7, 11) is 0. The van der Waals surface area contributed by atoms with Gasteiger partial charge in [-0.3, -0.25) is 0 Å². The van der Waals surface area contributed by atoms with Gasteiger partial charge in [-0.2, -0.15) is 0 Å². The molecule has 0 bridgehead atoms. The van der Waals surface area contributed by atoms with Crippen LogP contribution in [0.2, 0.25) is 0 Å². The van der Waals surface area contributed by atoms with Crippen molar-refractivity contribution in [2.24, 2.45) is 5.92 Å². The molecular formula is C16H24O3. The van der Waals surface area contributed by atoms with Gasteiger partial charge >= 0.3 is 0 Å². The number of aryl methyl sites for hydroxylation is 1. The zero-order valence-electron chi connectivity index (χ0n) is 11.8. The van der Waals surface area contributed by atoms with E-state index in [1.54, 1.807) is 0 Å². The van der Waals surface area contributed by atoms with E-state index in [1.807, 2.05) is 38.1 Å². The van der Waals surface area contributed by atoms with Gasteiger partial charge in [0.05, 0.1) is 12.7 Å². The van der Waals surface area contributed by atoms with Crippen LogP contribution < -0.4 is 0 Å². The molecule has 1 heterocycles. The van der Waals surface area contributed by atoms with Crippen LogP contribution in [-0.2, 0) is 9.47 Å². The monoisotopic (exact) mass is 264 g/mol. The van der Waals surface area contributed by atoms with E-state index in [9.17, 15) is 5.11 Å². The third kappa shape index (κ3) is 4.30. The van der Waals surface area contributed by atoms with Crippen LogP contribution in [0.15, 0.2) is 24.3 Å². The zero-order chi connectivity index (χ0) is 13.7. The normalized spacial score (nSPS) is 20.2. The van der Waals surface area contributed by atoms with Crippen molar-refractivity contribution in [3.63, 3.8) is 0 Å². The van der Waals surface area contributed by atoms with E-state index in [0.717, 1.165) is 31.6 Å². The van der Waals surface area contributed by atoms with E-state index in [0.29, 0.717) is 12.5 Å². The van der Waals surface area contributed by atoms with Crippen LogP contribution in [0.4, 0.5) is 0 Å². The molecule has 0 aliphatic carbocycles. The van der Waals surface area contributed by atoms with Gasteiger partial charge in [-0.25, -0.2) is 0 Å². The predicted molar refractivity (Wildman–Crippen MR) is 75.1 cm³/mol. The second-order valence-electron chi connectivity index (χ2n) is 5.45. The summed E-state index contributed by atoms with van der Waals surface area (Å²) in [5, 5.41) is 10.3. The Morgan fingerprint density at radius 1 is 1.26 bits per heavy atom. The predicted octanol–water partition coefficient (Wildman–Crippen LogP) is 2.86. The van der Waals surface area contributed by atoms with Gasteiger partial charge in [0, 0.05) is 13.2 Å². The molecule has 1 fully saturated rings. The summed E-state index contributed by atoms with van der Waals surface area (Å²) in [5.41, 5.74) is 2.12. The molecule has 1 aliphatic rings. The minimum Gasteiger partial charge on any atom is -0.386 e. The first kappa shape index (κ1) is 14.5. The van der Waals surface area contributed by atoms with Gasteiger partial charge < -0.3 is 14.6 Å². The maximum Gasteiger partial charge on any atom is 0.105 e. The fourth-order valence-electron chi connectivity index (χ4n) is 2.33. The fraction of sp³-hybridized carbons (Fsp3) is 0.625. The van der Waals surface area contributed by atoms with Gasteiger partial charge in [0.2, 0.25) is 0 Å². The number of aliphatic hydroxyl groups excluding tert-OH is 1. The van der Waals surface area contributed by atoms with E-state index >= 15 is 0 Å². The Kier molecular flexibility index (Phi) is 5.37. The molecule has 2 rings (SSSR count). The van der Waals surface area contributed by atoms with E-state index < -0.39 is 6.10 Å². The maximum absolute atomic E-state index is 10.3. The minimum atomic E-state index is -0.555. The molecular weight excluding hydrogens is 240 g/mol. The molecule has 1 N–H and O–H groups in total. The number of hydrogen-bond acceptors (Lipinski definition) is 3. The molecule has 1 aromatic rings.